The summed E-state index contributed by atoms with van der Waals surface area (Å²) in [5.41, 5.74) is 0.727. The van der Waals surface area contributed by atoms with Crippen molar-refractivity contribution in [1.29, 1.82) is 0 Å². The topological polar surface area (TPSA) is 18.5 Å². The third-order valence-electron chi connectivity index (χ3n) is 3.74. The van der Waals surface area contributed by atoms with Crippen molar-refractivity contribution in [1.82, 2.24) is 0 Å². The summed E-state index contributed by atoms with van der Waals surface area (Å²) in [5, 5.41) is 0. The van der Waals surface area contributed by atoms with Crippen molar-refractivity contribution in [3.63, 3.8) is 0 Å². The molecule has 3 heteroatoms. The lowest BCUT2D eigenvalue weighted by Crippen LogP contribution is -2.41. The maximum absolute atomic E-state index is 5.93. The van der Waals surface area contributed by atoms with Crippen LogP contribution in [-0.4, -0.2) is 18.3 Å². The largest absolute Gasteiger partial charge is 0.461 e. The monoisotopic (exact) mass is 244 g/mol. The Hall–Kier alpha value is -1.06. The molecule has 1 aliphatic rings. The number of rotatable bonds is 3. The molecule has 96 valence electrons. The number of benzene rings is 1. The van der Waals surface area contributed by atoms with Gasteiger partial charge >= 0.3 is 7.12 Å². The van der Waals surface area contributed by atoms with Crippen LogP contribution in [0.2, 0.25) is 6.32 Å². The van der Waals surface area contributed by atoms with Gasteiger partial charge < -0.3 is 9.31 Å². The van der Waals surface area contributed by atoms with E-state index in [0.717, 1.165) is 6.32 Å². The van der Waals surface area contributed by atoms with Gasteiger partial charge in [-0.2, -0.15) is 0 Å². The average Bonchev–Trinajstić information content (AvgIpc) is 2.49. The van der Waals surface area contributed by atoms with Gasteiger partial charge in [0.2, 0.25) is 0 Å². The Kier molecular flexibility index (Phi) is 3.65. The van der Waals surface area contributed by atoms with E-state index in [1.54, 1.807) is 0 Å². The lowest BCUT2D eigenvalue weighted by Gasteiger charge is -2.32. The number of allylic oxidation sites excluding steroid dienone is 1. The highest BCUT2D eigenvalue weighted by Crippen LogP contribution is 2.37. The Morgan fingerprint density at radius 2 is 1.56 bits per heavy atom. The molecule has 0 bridgehead atoms. The summed E-state index contributed by atoms with van der Waals surface area (Å²) in [5.74, 6) is 0. The van der Waals surface area contributed by atoms with Crippen LogP contribution in [0.5, 0.6) is 0 Å². The first kappa shape index (κ1) is 13.4. The van der Waals surface area contributed by atoms with Gasteiger partial charge in [-0.15, -0.1) is 0 Å². The Bertz CT molecular complexity index is 407. The molecule has 0 radical (unpaired) electrons. The minimum absolute atomic E-state index is 0.144. The van der Waals surface area contributed by atoms with Crippen molar-refractivity contribution in [3.05, 3.63) is 42.0 Å². The smallest absolute Gasteiger partial charge is 0.403 e. The molecule has 0 amide bonds. The van der Waals surface area contributed by atoms with E-state index in [-0.39, 0.29) is 18.3 Å². The summed E-state index contributed by atoms with van der Waals surface area (Å²) in [4.78, 5) is 0. The van der Waals surface area contributed by atoms with Gasteiger partial charge in [0.25, 0.3) is 0 Å². The van der Waals surface area contributed by atoms with Gasteiger partial charge in [-0.3, -0.25) is 0 Å². The molecule has 1 saturated heterocycles. The van der Waals surface area contributed by atoms with Crippen LogP contribution in [0.3, 0.4) is 0 Å². The standard InChI is InChI=1S/C15H21BO2/c1-14(2)15(3,4)18-16(17-14)12-8-11-13-9-6-5-7-10-13/h5-11H,12H2,1-4H3/b11-8-. The van der Waals surface area contributed by atoms with Crippen molar-refractivity contribution >= 4 is 13.2 Å². The van der Waals surface area contributed by atoms with E-state index in [4.69, 9.17) is 9.31 Å². The maximum Gasteiger partial charge on any atom is 0.461 e. The van der Waals surface area contributed by atoms with Crippen LogP contribution in [-0.2, 0) is 9.31 Å². The van der Waals surface area contributed by atoms with Gasteiger partial charge in [0, 0.05) is 6.32 Å². The van der Waals surface area contributed by atoms with E-state index in [1.807, 2.05) is 18.2 Å². The van der Waals surface area contributed by atoms with E-state index in [2.05, 4.69) is 52.0 Å². The molecule has 0 atom stereocenters. The number of hydrogen-bond donors (Lipinski definition) is 0. The summed E-state index contributed by atoms with van der Waals surface area (Å²) in [7, 11) is -0.144. The Morgan fingerprint density at radius 1 is 1.00 bits per heavy atom. The SMILES string of the molecule is CC1(C)OB(C/C=C\c2ccccc2)OC1(C)C. The lowest BCUT2D eigenvalue weighted by molar-refractivity contribution is 0.00578. The molecule has 1 aromatic rings. The molecule has 0 aromatic heterocycles. The van der Waals surface area contributed by atoms with E-state index in [1.165, 1.54) is 5.56 Å². The zero-order chi connectivity index (χ0) is 13.2. The quantitative estimate of drug-likeness (QED) is 0.753. The molecule has 0 N–H and O–H groups in total. The zero-order valence-corrected chi connectivity index (χ0v) is 11.6. The Balaban J connectivity index is 1.92. The van der Waals surface area contributed by atoms with Gasteiger partial charge in [-0.05, 0) is 33.3 Å². The molecule has 0 unspecified atom stereocenters. The van der Waals surface area contributed by atoms with Gasteiger partial charge in [0.1, 0.15) is 0 Å². The second kappa shape index (κ2) is 4.91. The summed E-state index contributed by atoms with van der Waals surface area (Å²) in [6.45, 7) is 8.31. The average molecular weight is 244 g/mol. The minimum atomic E-state index is -0.238. The zero-order valence-electron chi connectivity index (χ0n) is 11.6. The molecule has 1 aliphatic heterocycles. The maximum atomic E-state index is 5.93. The lowest BCUT2D eigenvalue weighted by atomic mass is 9.84. The molecule has 1 heterocycles. The van der Waals surface area contributed by atoms with Gasteiger partial charge in [-0.1, -0.05) is 42.5 Å². The molecular formula is C15H21BO2. The molecular weight excluding hydrogens is 223 g/mol. The van der Waals surface area contributed by atoms with Crippen molar-refractivity contribution in [2.45, 2.75) is 45.2 Å². The van der Waals surface area contributed by atoms with Crippen molar-refractivity contribution in [2.75, 3.05) is 0 Å². The second-order valence-electron chi connectivity index (χ2n) is 5.73. The van der Waals surface area contributed by atoms with Crippen LogP contribution in [0.1, 0.15) is 33.3 Å². The molecule has 2 rings (SSSR count). The molecule has 1 aromatic carbocycles. The van der Waals surface area contributed by atoms with E-state index in [9.17, 15) is 0 Å². The van der Waals surface area contributed by atoms with Crippen LogP contribution < -0.4 is 0 Å². The van der Waals surface area contributed by atoms with Gasteiger partial charge in [-0.25, -0.2) is 0 Å². The van der Waals surface area contributed by atoms with Crippen molar-refractivity contribution in [2.24, 2.45) is 0 Å². The summed E-state index contributed by atoms with van der Waals surface area (Å²) >= 11 is 0. The molecule has 1 fully saturated rings. The fourth-order valence-corrected chi connectivity index (χ4v) is 1.94. The molecule has 0 saturated carbocycles. The molecule has 2 nitrogen and oxygen atoms in total. The summed E-state index contributed by atoms with van der Waals surface area (Å²) < 4.78 is 11.9. The van der Waals surface area contributed by atoms with Crippen LogP contribution >= 0.6 is 0 Å². The fraction of sp³-hybridized carbons (Fsp3) is 0.467. The third-order valence-corrected chi connectivity index (χ3v) is 3.74. The Morgan fingerprint density at radius 3 is 2.11 bits per heavy atom. The van der Waals surface area contributed by atoms with E-state index >= 15 is 0 Å². The first-order valence-corrected chi connectivity index (χ1v) is 6.48. The normalized spacial score (nSPS) is 21.7. The predicted molar refractivity (Wildman–Crippen MR) is 76.4 cm³/mol. The summed E-state index contributed by atoms with van der Waals surface area (Å²) in [6, 6.07) is 10.3. The second-order valence-corrected chi connectivity index (χ2v) is 5.73. The highest BCUT2D eigenvalue weighted by molar-refractivity contribution is 6.46. The summed E-state index contributed by atoms with van der Waals surface area (Å²) in [6.07, 6.45) is 4.99. The van der Waals surface area contributed by atoms with Crippen molar-refractivity contribution < 1.29 is 9.31 Å². The minimum Gasteiger partial charge on any atom is -0.403 e. The predicted octanol–water partition coefficient (Wildman–Crippen LogP) is 3.79. The van der Waals surface area contributed by atoms with Gasteiger partial charge in [0.15, 0.2) is 0 Å². The molecule has 0 aliphatic carbocycles. The van der Waals surface area contributed by atoms with E-state index < -0.39 is 0 Å². The number of hydrogen-bond acceptors (Lipinski definition) is 2. The fourth-order valence-electron chi connectivity index (χ4n) is 1.94. The van der Waals surface area contributed by atoms with Gasteiger partial charge in [0.05, 0.1) is 11.2 Å². The first-order chi connectivity index (χ1) is 8.41. The van der Waals surface area contributed by atoms with Crippen LogP contribution in [0.25, 0.3) is 6.08 Å². The third kappa shape index (κ3) is 2.85. The molecule has 18 heavy (non-hydrogen) atoms. The van der Waals surface area contributed by atoms with Crippen LogP contribution in [0.15, 0.2) is 36.4 Å². The van der Waals surface area contributed by atoms with Crippen LogP contribution in [0, 0.1) is 0 Å². The highest BCUT2D eigenvalue weighted by atomic mass is 16.7. The highest BCUT2D eigenvalue weighted by Gasteiger charge is 2.50. The van der Waals surface area contributed by atoms with Crippen molar-refractivity contribution in [3.8, 4) is 0 Å². The Labute approximate surface area is 110 Å². The first-order valence-electron chi connectivity index (χ1n) is 6.48. The van der Waals surface area contributed by atoms with Crippen LogP contribution in [0.4, 0.5) is 0 Å². The van der Waals surface area contributed by atoms with E-state index in [0.29, 0.717) is 0 Å². The molecule has 0 spiro atoms.